The first-order valence-corrected chi connectivity index (χ1v) is 8.07. The zero-order chi connectivity index (χ0) is 19.8. The minimum Gasteiger partial charge on any atom is -0.497 e. The van der Waals surface area contributed by atoms with Crippen LogP contribution >= 0.6 is 0 Å². The average Bonchev–Trinajstić information content (AvgIpc) is 2.71. The zero-order valence-electron chi connectivity index (χ0n) is 15.2. The number of nitriles is 1. The predicted molar refractivity (Wildman–Crippen MR) is 96.1 cm³/mol. The molecule has 2 aromatic carbocycles. The lowest BCUT2D eigenvalue weighted by molar-refractivity contribution is -0.149. The molecule has 0 N–H and O–H groups in total. The lowest BCUT2D eigenvalue weighted by Gasteiger charge is -2.14. The molecule has 2 aromatic rings. The molecule has 2 rings (SSSR count). The molecule has 0 saturated heterocycles. The molecular weight excluding hydrogens is 350 g/mol. The maximum Gasteiger partial charge on any atom is 0.347 e. The van der Waals surface area contributed by atoms with Crippen LogP contribution in [0.25, 0.3) is 0 Å². The molecule has 140 valence electrons. The van der Waals surface area contributed by atoms with E-state index in [1.807, 2.05) is 6.07 Å². The van der Waals surface area contributed by atoms with Gasteiger partial charge in [-0.15, -0.1) is 0 Å². The SMILES string of the molecule is COc1ccc(OC)c(C(=O)COC(=O)[C@@H](C)Oc2ccc(C#N)cc2)c1. The van der Waals surface area contributed by atoms with Crippen molar-refractivity contribution in [2.45, 2.75) is 13.0 Å². The van der Waals surface area contributed by atoms with Gasteiger partial charge in [-0.25, -0.2) is 4.79 Å². The van der Waals surface area contributed by atoms with Crippen LogP contribution in [0.3, 0.4) is 0 Å². The van der Waals surface area contributed by atoms with Crippen molar-refractivity contribution in [2.24, 2.45) is 0 Å². The Kier molecular flexibility index (Phi) is 6.78. The normalized spacial score (nSPS) is 11.0. The fourth-order valence-corrected chi connectivity index (χ4v) is 2.22. The van der Waals surface area contributed by atoms with Gasteiger partial charge in [0.15, 0.2) is 12.7 Å². The summed E-state index contributed by atoms with van der Waals surface area (Å²) in [6, 6.07) is 13.1. The third kappa shape index (κ3) is 5.22. The predicted octanol–water partition coefficient (Wildman–Crippen LogP) is 2.77. The maximum absolute atomic E-state index is 12.4. The van der Waals surface area contributed by atoms with Crippen LogP contribution in [-0.4, -0.2) is 38.7 Å². The Labute approximate surface area is 157 Å². The molecular formula is C20H19NO6. The lowest BCUT2D eigenvalue weighted by atomic mass is 10.1. The van der Waals surface area contributed by atoms with E-state index in [-0.39, 0.29) is 5.56 Å². The second kappa shape index (κ2) is 9.25. The van der Waals surface area contributed by atoms with E-state index in [0.717, 1.165) is 0 Å². The van der Waals surface area contributed by atoms with Gasteiger partial charge in [-0.2, -0.15) is 5.26 Å². The van der Waals surface area contributed by atoms with E-state index < -0.39 is 24.5 Å². The lowest BCUT2D eigenvalue weighted by Crippen LogP contribution is -2.28. The van der Waals surface area contributed by atoms with Crippen LogP contribution in [0.15, 0.2) is 42.5 Å². The standard InChI is InChI=1S/C20H19NO6/c1-13(27-15-6-4-14(11-21)5-7-15)20(23)26-12-18(22)17-10-16(24-2)8-9-19(17)25-3/h4-10,13H,12H2,1-3H3/t13-/m1/s1. The van der Waals surface area contributed by atoms with Gasteiger partial charge in [0.1, 0.15) is 17.2 Å². The smallest absolute Gasteiger partial charge is 0.347 e. The summed E-state index contributed by atoms with van der Waals surface area (Å²) in [5, 5.41) is 8.77. The number of benzene rings is 2. The Bertz CT molecular complexity index is 854. The molecule has 27 heavy (non-hydrogen) atoms. The molecule has 1 atom stereocenters. The highest BCUT2D eigenvalue weighted by Crippen LogP contribution is 2.24. The van der Waals surface area contributed by atoms with Gasteiger partial charge in [0, 0.05) is 0 Å². The van der Waals surface area contributed by atoms with Gasteiger partial charge in [0.05, 0.1) is 31.4 Å². The molecule has 7 heteroatoms. The van der Waals surface area contributed by atoms with Gasteiger partial charge in [0.25, 0.3) is 0 Å². The molecule has 0 fully saturated rings. The number of carbonyl (C=O) groups is 2. The number of rotatable bonds is 8. The molecule has 0 amide bonds. The topological polar surface area (TPSA) is 94.8 Å². The van der Waals surface area contributed by atoms with E-state index in [4.69, 9.17) is 24.2 Å². The minimum absolute atomic E-state index is 0.255. The van der Waals surface area contributed by atoms with Crippen LogP contribution in [-0.2, 0) is 9.53 Å². The summed E-state index contributed by atoms with van der Waals surface area (Å²) in [5.41, 5.74) is 0.737. The largest absolute Gasteiger partial charge is 0.497 e. The number of nitrogens with zero attached hydrogens (tertiary/aromatic N) is 1. The van der Waals surface area contributed by atoms with Crippen molar-refractivity contribution in [3.05, 3.63) is 53.6 Å². The van der Waals surface area contributed by atoms with Gasteiger partial charge in [-0.05, 0) is 49.4 Å². The Morgan fingerprint density at radius 1 is 1.04 bits per heavy atom. The van der Waals surface area contributed by atoms with Crippen molar-refractivity contribution < 1.29 is 28.5 Å². The quantitative estimate of drug-likeness (QED) is 0.521. The Hall–Kier alpha value is -3.53. The molecule has 0 aromatic heterocycles. The number of esters is 1. The van der Waals surface area contributed by atoms with Crippen LogP contribution in [0.5, 0.6) is 17.2 Å². The highest BCUT2D eigenvalue weighted by molar-refractivity contribution is 6.00. The highest BCUT2D eigenvalue weighted by atomic mass is 16.6. The van der Waals surface area contributed by atoms with Crippen LogP contribution in [0.1, 0.15) is 22.8 Å². The molecule has 0 bridgehead atoms. The van der Waals surface area contributed by atoms with Gasteiger partial charge in [-0.3, -0.25) is 4.79 Å². The number of hydrogen-bond donors (Lipinski definition) is 0. The monoisotopic (exact) mass is 369 g/mol. The van der Waals surface area contributed by atoms with Crippen molar-refractivity contribution >= 4 is 11.8 Å². The summed E-state index contributed by atoms with van der Waals surface area (Å²) >= 11 is 0. The van der Waals surface area contributed by atoms with Crippen molar-refractivity contribution in [3.63, 3.8) is 0 Å². The third-order valence-corrected chi connectivity index (χ3v) is 3.68. The summed E-state index contributed by atoms with van der Waals surface area (Å²) in [4.78, 5) is 24.4. The van der Waals surface area contributed by atoms with E-state index in [2.05, 4.69) is 0 Å². The second-order valence-corrected chi connectivity index (χ2v) is 5.49. The van der Waals surface area contributed by atoms with Gasteiger partial charge >= 0.3 is 5.97 Å². The summed E-state index contributed by atoms with van der Waals surface area (Å²) < 4.78 is 20.8. The summed E-state index contributed by atoms with van der Waals surface area (Å²) in [6.07, 6.45) is -0.919. The van der Waals surface area contributed by atoms with Crippen LogP contribution in [0.4, 0.5) is 0 Å². The van der Waals surface area contributed by atoms with Crippen LogP contribution < -0.4 is 14.2 Å². The summed E-state index contributed by atoms with van der Waals surface area (Å²) in [5.74, 6) is 0.153. The molecule has 0 aliphatic rings. The number of methoxy groups -OCH3 is 2. The van der Waals surface area contributed by atoms with E-state index in [1.54, 1.807) is 36.4 Å². The first-order valence-electron chi connectivity index (χ1n) is 8.07. The second-order valence-electron chi connectivity index (χ2n) is 5.49. The fourth-order valence-electron chi connectivity index (χ4n) is 2.22. The Balaban J connectivity index is 1.95. The maximum atomic E-state index is 12.4. The summed E-state index contributed by atoms with van der Waals surface area (Å²) in [7, 11) is 2.93. The zero-order valence-corrected chi connectivity index (χ0v) is 15.2. The van der Waals surface area contributed by atoms with Crippen molar-refractivity contribution in [1.29, 1.82) is 5.26 Å². The van der Waals surface area contributed by atoms with Crippen molar-refractivity contribution in [3.8, 4) is 23.3 Å². The van der Waals surface area contributed by atoms with Crippen molar-refractivity contribution in [2.75, 3.05) is 20.8 Å². The number of Topliss-reactive ketones (excluding diaryl/α,β-unsaturated/α-hetero) is 1. The van der Waals surface area contributed by atoms with Gasteiger partial charge < -0.3 is 18.9 Å². The van der Waals surface area contributed by atoms with Crippen LogP contribution in [0, 0.1) is 11.3 Å². The van der Waals surface area contributed by atoms with E-state index in [0.29, 0.717) is 22.8 Å². The molecule has 0 saturated carbocycles. The average molecular weight is 369 g/mol. The third-order valence-electron chi connectivity index (χ3n) is 3.68. The van der Waals surface area contributed by atoms with E-state index in [9.17, 15) is 9.59 Å². The number of ether oxygens (including phenoxy) is 4. The Morgan fingerprint density at radius 2 is 1.70 bits per heavy atom. The molecule has 0 unspecified atom stereocenters. The highest BCUT2D eigenvalue weighted by Gasteiger charge is 2.20. The number of hydrogen-bond acceptors (Lipinski definition) is 7. The van der Waals surface area contributed by atoms with E-state index in [1.165, 1.54) is 27.2 Å². The summed E-state index contributed by atoms with van der Waals surface area (Å²) in [6.45, 7) is 1.06. The number of ketones is 1. The molecule has 0 aliphatic heterocycles. The molecule has 0 spiro atoms. The van der Waals surface area contributed by atoms with Gasteiger partial charge in [-0.1, -0.05) is 0 Å². The van der Waals surface area contributed by atoms with E-state index >= 15 is 0 Å². The molecule has 0 heterocycles. The Morgan fingerprint density at radius 3 is 2.30 bits per heavy atom. The molecule has 7 nitrogen and oxygen atoms in total. The number of carbonyl (C=O) groups excluding carboxylic acids is 2. The minimum atomic E-state index is -0.919. The van der Waals surface area contributed by atoms with Gasteiger partial charge in [0.2, 0.25) is 5.78 Å². The van der Waals surface area contributed by atoms with Crippen molar-refractivity contribution in [1.82, 2.24) is 0 Å². The molecule has 0 radical (unpaired) electrons. The fraction of sp³-hybridized carbons (Fsp3) is 0.250. The molecule has 0 aliphatic carbocycles. The first-order chi connectivity index (χ1) is 13.0. The van der Waals surface area contributed by atoms with Crippen LogP contribution in [0.2, 0.25) is 0 Å². The first kappa shape index (κ1) is 19.8.